The van der Waals surface area contributed by atoms with Crippen molar-refractivity contribution in [2.45, 2.75) is 25.8 Å². The van der Waals surface area contributed by atoms with Crippen LogP contribution < -0.4 is 0 Å². The van der Waals surface area contributed by atoms with E-state index in [1.807, 2.05) is 4.90 Å². The number of carbonyl (C=O) groups excluding carboxylic acids is 1. The summed E-state index contributed by atoms with van der Waals surface area (Å²) in [5, 5.41) is 9.64. The first-order valence-electron chi connectivity index (χ1n) is 6.46. The Hall–Kier alpha value is -1.26. The molecule has 1 atom stereocenters. The molecular formula is C14H18ClNO3. The van der Waals surface area contributed by atoms with Crippen LogP contribution in [-0.4, -0.2) is 41.7 Å². The fourth-order valence-electron chi connectivity index (χ4n) is 2.26. The third-order valence-corrected chi connectivity index (χ3v) is 3.69. The molecule has 0 spiro atoms. The lowest BCUT2D eigenvalue weighted by atomic mass is 10.1. The Labute approximate surface area is 117 Å². The number of phenols is 1. The smallest absolute Gasteiger partial charge is 0.227 e. The van der Waals surface area contributed by atoms with Gasteiger partial charge in [0.1, 0.15) is 5.75 Å². The predicted octanol–water partition coefficient (Wildman–Crippen LogP) is 2.23. The molecule has 2 rings (SSSR count). The highest BCUT2D eigenvalue weighted by molar-refractivity contribution is 6.32. The first-order chi connectivity index (χ1) is 9.11. The van der Waals surface area contributed by atoms with Gasteiger partial charge in [-0.2, -0.15) is 0 Å². The minimum Gasteiger partial charge on any atom is -0.506 e. The highest BCUT2D eigenvalue weighted by Crippen LogP contribution is 2.24. The fourth-order valence-corrected chi connectivity index (χ4v) is 2.46. The van der Waals surface area contributed by atoms with Gasteiger partial charge in [0.15, 0.2) is 0 Å². The Morgan fingerprint density at radius 2 is 2.37 bits per heavy atom. The van der Waals surface area contributed by atoms with E-state index < -0.39 is 0 Å². The second-order valence-corrected chi connectivity index (χ2v) is 5.09. The zero-order valence-corrected chi connectivity index (χ0v) is 11.7. The molecule has 1 heterocycles. The highest BCUT2D eigenvalue weighted by Gasteiger charge is 2.25. The van der Waals surface area contributed by atoms with Gasteiger partial charge in [0.25, 0.3) is 0 Å². The molecule has 0 bridgehead atoms. The zero-order chi connectivity index (χ0) is 13.8. The predicted molar refractivity (Wildman–Crippen MR) is 73.4 cm³/mol. The standard InChI is InChI=1S/C14H18ClNO3/c1-2-11-9-19-6-5-16(11)14(18)8-10-3-4-13(17)12(15)7-10/h3-4,7,11,17H,2,5-6,8-9H2,1H3/t11-/m0/s1. The van der Waals surface area contributed by atoms with Crippen molar-refractivity contribution in [1.29, 1.82) is 0 Å². The van der Waals surface area contributed by atoms with E-state index in [2.05, 4.69) is 6.92 Å². The van der Waals surface area contributed by atoms with Gasteiger partial charge in [-0.05, 0) is 24.1 Å². The normalized spacial score (nSPS) is 19.5. The van der Waals surface area contributed by atoms with Gasteiger partial charge < -0.3 is 14.7 Å². The Balaban J connectivity index is 2.05. The summed E-state index contributed by atoms with van der Waals surface area (Å²) in [5.41, 5.74) is 0.814. The summed E-state index contributed by atoms with van der Waals surface area (Å²) in [5.74, 6) is 0.118. The number of morpholine rings is 1. The summed E-state index contributed by atoms with van der Waals surface area (Å²) >= 11 is 5.84. The molecule has 1 amide bonds. The summed E-state index contributed by atoms with van der Waals surface area (Å²) in [6.07, 6.45) is 1.19. The van der Waals surface area contributed by atoms with Gasteiger partial charge in [-0.15, -0.1) is 0 Å². The number of hydrogen-bond acceptors (Lipinski definition) is 3. The molecule has 1 aliphatic heterocycles. The molecule has 1 N–H and O–H groups in total. The fraction of sp³-hybridized carbons (Fsp3) is 0.500. The maximum absolute atomic E-state index is 12.3. The van der Waals surface area contributed by atoms with E-state index in [1.54, 1.807) is 12.1 Å². The van der Waals surface area contributed by atoms with Gasteiger partial charge in [0, 0.05) is 6.54 Å². The molecule has 104 valence electrons. The molecule has 19 heavy (non-hydrogen) atoms. The van der Waals surface area contributed by atoms with Crippen LogP contribution in [0.15, 0.2) is 18.2 Å². The average Bonchev–Trinajstić information content (AvgIpc) is 2.43. The van der Waals surface area contributed by atoms with Crippen molar-refractivity contribution in [1.82, 2.24) is 4.90 Å². The molecular weight excluding hydrogens is 266 g/mol. The number of nitrogens with zero attached hydrogens (tertiary/aromatic N) is 1. The summed E-state index contributed by atoms with van der Waals surface area (Å²) in [4.78, 5) is 14.2. The highest BCUT2D eigenvalue weighted by atomic mass is 35.5. The van der Waals surface area contributed by atoms with Crippen LogP contribution >= 0.6 is 11.6 Å². The van der Waals surface area contributed by atoms with Crippen molar-refractivity contribution in [2.75, 3.05) is 19.8 Å². The van der Waals surface area contributed by atoms with E-state index in [0.29, 0.717) is 26.2 Å². The van der Waals surface area contributed by atoms with E-state index in [4.69, 9.17) is 16.3 Å². The largest absolute Gasteiger partial charge is 0.506 e. The Morgan fingerprint density at radius 1 is 1.58 bits per heavy atom. The maximum atomic E-state index is 12.3. The van der Waals surface area contributed by atoms with Crippen LogP contribution in [0.1, 0.15) is 18.9 Å². The minimum absolute atomic E-state index is 0.0377. The third kappa shape index (κ3) is 3.39. The summed E-state index contributed by atoms with van der Waals surface area (Å²) in [6, 6.07) is 5.03. The van der Waals surface area contributed by atoms with Crippen LogP contribution in [0, 0.1) is 0 Å². The van der Waals surface area contributed by atoms with Crippen LogP contribution in [-0.2, 0) is 16.0 Å². The van der Waals surface area contributed by atoms with Crippen molar-refractivity contribution in [3.63, 3.8) is 0 Å². The topological polar surface area (TPSA) is 49.8 Å². The lowest BCUT2D eigenvalue weighted by Gasteiger charge is -2.35. The Bertz CT molecular complexity index is 464. The Morgan fingerprint density at radius 3 is 3.05 bits per heavy atom. The van der Waals surface area contributed by atoms with Crippen molar-refractivity contribution < 1.29 is 14.6 Å². The Kier molecular flexibility index (Phi) is 4.66. The van der Waals surface area contributed by atoms with Gasteiger partial charge in [-0.25, -0.2) is 0 Å². The molecule has 1 aliphatic rings. The van der Waals surface area contributed by atoms with E-state index in [0.717, 1.165) is 12.0 Å². The molecule has 1 fully saturated rings. The van der Waals surface area contributed by atoms with Gasteiger partial charge in [-0.3, -0.25) is 4.79 Å². The average molecular weight is 284 g/mol. The van der Waals surface area contributed by atoms with Crippen molar-refractivity contribution >= 4 is 17.5 Å². The third-order valence-electron chi connectivity index (χ3n) is 3.39. The molecule has 4 nitrogen and oxygen atoms in total. The van der Waals surface area contributed by atoms with Gasteiger partial charge in [0.05, 0.1) is 30.7 Å². The lowest BCUT2D eigenvalue weighted by Crippen LogP contribution is -2.48. The van der Waals surface area contributed by atoms with Crippen molar-refractivity contribution in [2.24, 2.45) is 0 Å². The first kappa shape index (κ1) is 14.2. The molecule has 0 radical (unpaired) electrons. The van der Waals surface area contributed by atoms with Crippen LogP contribution in [0.4, 0.5) is 0 Å². The molecule has 0 aromatic heterocycles. The molecule has 1 aromatic carbocycles. The summed E-state index contributed by atoms with van der Waals surface area (Å²) < 4.78 is 5.39. The number of phenolic OH excluding ortho intramolecular Hbond substituents is 1. The number of ether oxygens (including phenoxy) is 1. The molecule has 1 aromatic rings. The van der Waals surface area contributed by atoms with Gasteiger partial charge in [0.2, 0.25) is 5.91 Å². The number of amides is 1. The summed E-state index contributed by atoms with van der Waals surface area (Å²) in [7, 11) is 0. The van der Waals surface area contributed by atoms with Crippen LogP contribution in [0.3, 0.4) is 0 Å². The van der Waals surface area contributed by atoms with Crippen LogP contribution in [0.2, 0.25) is 5.02 Å². The number of carbonyl (C=O) groups is 1. The number of aromatic hydroxyl groups is 1. The molecule has 0 unspecified atom stereocenters. The van der Waals surface area contributed by atoms with Crippen LogP contribution in [0.25, 0.3) is 0 Å². The zero-order valence-electron chi connectivity index (χ0n) is 10.9. The van der Waals surface area contributed by atoms with E-state index in [9.17, 15) is 9.90 Å². The second kappa shape index (κ2) is 6.26. The maximum Gasteiger partial charge on any atom is 0.227 e. The van der Waals surface area contributed by atoms with Gasteiger partial charge in [-0.1, -0.05) is 24.6 Å². The van der Waals surface area contributed by atoms with E-state index in [1.165, 1.54) is 6.07 Å². The monoisotopic (exact) mass is 283 g/mol. The van der Waals surface area contributed by atoms with E-state index >= 15 is 0 Å². The number of benzene rings is 1. The van der Waals surface area contributed by atoms with Crippen molar-refractivity contribution in [3.8, 4) is 5.75 Å². The number of rotatable bonds is 3. The lowest BCUT2D eigenvalue weighted by molar-refractivity contribution is -0.139. The summed E-state index contributed by atoms with van der Waals surface area (Å²) in [6.45, 7) is 3.90. The first-order valence-corrected chi connectivity index (χ1v) is 6.84. The molecule has 5 heteroatoms. The number of hydrogen-bond donors (Lipinski definition) is 1. The minimum atomic E-state index is 0.0377. The van der Waals surface area contributed by atoms with Gasteiger partial charge >= 0.3 is 0 Å². The molecule has 0 saturated carbocycles. The van der Waals surface area contributed by atoms with E-state index in [-0.39, 0.29) is 22.7 Å². The number of halogens is 1. The quantitative estimate of drug-likeness (QED) is 0.925. The molecule has 0 aliphatic carbocycles. The second-order valence-electron chi connectivity index (χ2n) is 4.69. The SMILES string of the molecule is CC[C@H]1COCCN1C(=O)Cc1ccc(O)c(Cl)c1. The van der Waals surface area contributed by atoms with Crippen molar-refractivity contribution in [3.05, 3.63) is 28.8 Å². The molecule has 1 saturated heterocycles. The van der Waals surface area contributed by atoms with Crippen LogP contribution in [0.5, 0.6) is 5.75 Å².